The predicted molar refractivity (Wildman–Crippen MR) is 175 cm³/mol. The number of carbonyl (C=O) groups is 2. The van der Waals surface area contributed by atoms with Crippen LogP contribution in [-0.2, 0) is 32.6 Å². The molecule has 0 spiro atoms. The van der Waals surface area contributed by atoms with Gasteiger partial charge in [-0.3, -0.25) is 13.9 Å². The first-order valence-corrected chi connectivity index (χ1v) is 16.3. The van der Waals surface area contributed by atoms with Gasteiger partial charge in [-0.25, -0.2) is 8.42 Å². The van der Waals surface area contributed by atoms with Gasteiger partial charge in [-0.2, -0.15) is 0 Å². The lowest BCUT2D eigenvalue weighted by Gasteiger charge is -2.33. The van der Waals surface area contributed by atoms with Crippen LogP contribution in [0.15, 0.2) is 114 Å². The van der Waals surface area contributed by atoms with E-state index in [-0.39, 0.29) is 23.8 Å². The minimum Gasteiger partial charge on any atom is -0.355 e. The molecule has 0 radical (unpaired) electrons. The Morgan fingerprint density at radius 3 is 2.02 bits per heavy atom. The van der Waals surface area contributed by atoms with Crippen LogP contribution in [0.1, 0.15) is 18.1 Å². The molecule has 0 aromatic heterocycles. The molecule has 1 N–H and O–H groups in total. The first kappa shape index (κ1) is 31.5. The molecule has 0 bridgehead atoms. The molecular weight excluding hydrogens is 685 g/mol. The summed E-state index contributed by atoms with van der Waals surface area (Å²) < 4.78 is 29.9. The van der Waals surface area contributed by atoms with E-state index < -0.39 is 28.5 Å². The Labute approximate surface area is 265 Å². The van der Waals surface area contributed by atoms with Crippen molar-refractivity contribution < 1.29 is 18.0 Å². The zero-order chi connectivity index (χ0) is 30.1. The zero-order valence-electron chi connectivity index (χ0n) is 23.0. The highest BCUT2D eigenvalue weighted by atomic mass is 127. The van der Waals surface area contributed by atoms with Gasteiger partial charge in [-0.15, -0.1) is 0 Å². The van der Waals surface area contributed by atoms with E-state index in [1.807, 2.05) is 37.3 Å². The Hall–Kier alpha value is -3.41. The highest BCUT2D eigenvalue weighted by Gasteiger charge is 2.34. The van der Waals surface area contributed by atoms with Crippen LogP contribution in [0, 0.1) is 3.57 Å². The summed E-state index contributed by atoms with van der Waals surface area (Å²) in [5.41, 5.74) is 1.97. The number of hydrogen-bond donors (Lipinski definition) is 1. The Balaban J connectivity index is 1.78. The second kappa shape index (κ2) is 14.7. The standard InChI is InChI=1S/C32H31ClIN3O4S/c1-2-35-32(39)30(21-24-9-5-3-6-10-24)36(22-25-13-15-26(33)16-14-25)31(38)23-37(28-19-17-27(34)18-20-28)42(40,41)29-11-7-4-8-12-29/h3-20,30H,2,21-23H2,1H3,(H,35,39)/t30-/m0/s1. The third-order valence-corrected chi connectivity index (χ3v) is 9.37. The van der Waals surface area contributed by atoms with Crippen LogP contribution in [0.2, 0.25) is 5.02 Å². The van der Waals surface area contributed by atoms with E-state index in [0.29, 0.717) is 17.3 Å². The Kier molecular flexibility index (Phi) is 11.0. The van der Waals surface area contributed by atoms with Gasteiger partial charge in [-0.05, 0) is 89.2 Å². The molecule has 0 aliphatic rings. The fourth-order valence-corrected chi connectivity index (χ4v) is 6.41. The van der Waals surface area contributed by atoms with Gasteiger partial charge in [0, 0.05) is 28.1 Å². The molecule has 42 heavy (non-hydrogen) atoms. The second-order valence-corrected chi connectivity index (χ2v) is 13.1. The van der Waals surface area contributed by atoms with Crippen molar-refractivity contribution in [2.45, 2.75) is 30.8 Å². The Morgan fingerprint density at radius 1 is 0.833 bits per heavy atom. The fourth-order valence-electron chi connectivity index (χ4n) is 4.49. The summed E-state index contributed by atoms with van der Waals surface area (Å²) in [4.78, 5) is 29.3. The molecule has 7 nitrogen and oxygen atoms in total. The van der Waals surface area contributed by atoms with Crippen LogP contribution >= 0.6 is 34.2 Å². The van der Waals surface area contributed by atoms with Crippen LogP contribution in [0.25, 0.3) is 0 Å². The number of hydrogen-bond acceptors (Lipinski definition) is 4. The highest BCUT2D eigenvalue weighted by molar-refractivity contribution is 14.1. The number of likely N-dealkylation sites (N-methyl/N-ethyl adjacent to an activating group) is 1. The monoisotopic (exact) mass is 715 g/mol. The lowest BCUT2D eigenvalue weighted by molar-refractivity contribution is -0.140. The smallest absolute Gasteiger partial charge is 0.264 e. The number of amides is 2. The molecular formula is C32H31ClIN3O4S. The van der Waals surface area contributed by atoms with Crippen LogP contribution in [0.3, 0.4) is 0 Å². The summed E-state index contributed by atoms with van der Waals surface area (Å²) in [5, 5.41) is 3.40. The highest BCUT2D eigenvalue weighted by Crippen LogP contribution is 2.26. The van der Waals surface area contributed by atoms with E-state index in [1.165, 1.54) is 17.0 Å². The Bertz CT molecular complexity index is 1590. The molecule has 2 amide bonds. The largest absolute Gasteiger partial charge is 0.355 e. The minimum absolute atomic E-state index is 0.0603. The summed E-state index contributed by atoms with van der Waals surface area (Å²) >= 11 is 8.25. The van der Waals surface area contributed by atoms with Crippen molar-refractivity contribution in [3.05, 3.63) is 129 Å². The molecule has 0 unspecified atom stereocenters. The van der Waals surface area contributed by atoms with E-state index >= 15 is 0 Å². The quantitative estimate of drug-likeness (QED) is 0.185. The van der Waals surface area contributed by atoms with Gasteiger partial charge in [-0.1, -0.05) is 72.3 Å². The average Bonchev–Trinajstić information content (AvgIpc) is 3.00. The third-order valence-electron chi connectivity index (χ3n) is 6.61. The Morgan fingerprint density at radius 2 is 1.43 bits per heavy atom. The summed E-state index contributed by atoms with van der Waals surface area (Å²) in [7, 11) is -4.12. The van der Waals surface area contributed by atoms with Crippen molar-refractivity contribution in [1.82, 2.24) is 10.2 Å². The molecule has 4 aromatic carbocycles. The van der Waals surface area contributed by atoms with Gasteiger partial charge >= 0.3 is 0 Å². The van der Waals surface area contributed by atoms with Crippen molar-refractivity contribution in [3.63, 3.8) is 0 Å². The van der Waals surface area contributed by atoms with Crippen molar-refractivity contribution in [2.24, 2.45) is 0 Å². The van der Waals surface area contributed by atoms with Gasteiger partial charge in [0.2, 0.25) is 11.8 Å². The van der Waals surface area contributed by atoms with E-state index in [4.69, 9.17) is 11.6 Å². The van der Waals surface area contributed by atoms with Gasteiger partial charge in [0.25, 0.3) is 10.0 Å². The molecule has 0 aliphatic heterocycles. The minimum atomic E-state index is -4.12. The average molecular weight is 716 g/mol. The molecule has 10 heteroatoms. The lowest BCUT2D eigenvalue weighted by Crippen LogP contribution is -2.53. The first-order chi connectivity index (χ1) is 20.2. The first-order valence-electron chi connectivity index (χ1n) is 13.4. The summed E-state index contributed by atoms with van der Waals surface area (Å²) in [6.45, 7) is 1.77. The maximum Gasteiger partial charge on any atom is 0.264 e. The molecule has 0 aliphatic carbocycles. The maximum atomic E-state index is 14.3. The molecule has 0 saturated carbocycles. The summed E-state index contributed by atoms with van der Waals surface area (Å²) in [5.74, 6) is -0.842. The van der Waals surface area contributed by atoms with Crippen molar-refractivity contribution in [1.29, 1.82) is 0 Å². The molecule has 4 rings (SSSR count). The molecule has 0 saturated heterocycles. The van der Waals surface area contributed by atoms with Crippen LogP contribution in [0.5, 0.6) is 0 Å². The van der Waals surface area contributed by atoms with E-state index in [9.17, 15) is 18.0 Å². The van der Waals surface area contributed by atoms with Crippen molar-refractivity contribution >= 4 is 61.7 Å². The van der Waals surface area contributed by atoms with Crippen LogP contribution in [-0.4, -0.2) is 44.3 Å². The van der Waals surface area contributed by atoms with Gasteiger partial charge in [0.05, 0.1) is 10.6 Å². The zero-order valence-corrected chi connectivity index (χ0v) is 26.7. The number of nitrogens with one attached hydrogen (secondary N) is 1. The molecule has 218 valence electrons. The normalized spacial score (nSPS) is 11.9. The number of halogens is 2. The summed E-state index contributed by atoms with van der Waals surface area (Å²) in [6, 6.07) is 30.5. The van der Waals surface area contributed by atoms with Gasteiger partial charge in [0.1, 0.15) is 12.6 Å². The van der Waals surface area contributed by atoms with Gasteiger partial charge in [0.15, 0.2) is 0 Å². The number of sulfonamides is 1. The predicted octanol–water partition coefficient (Wildman–Crippen LogP) is 5.92. The van der Waals surface area contributed by atoms with Crippen LogP contribution in [0.4, 0.5) is 5.69 Å². The van der Waals surface area contributed by atoms with E-state index in [2.05, 4.69) is 27.9 Å². The second-order valence-electron chi connectivity index (χ2n) is 9.55. The molecule has 4 aromatic rings. The van der Waals surface area contributed by atoms with Crippen molar-refractivity contribution in [2.75, 3.05) is 17.4 Å². The van der Waals surface area contributed by atoms with Gasteiger partial charge < -0.3 is 10.2 Å². The fraction of sp³-hybridized carbons (Fsp3) is 0.188. The topological polar surface area (TPSA) is 86.8 Å². The number of carbonyl (C=O) groups excluding carboxylic acids is 2. The molecule has 1 atom stereocenters. The van der Waals surface area contributed by atoms with E-state index in [0.717, 1.165) is 19.0 Å². The summed E-state index contributed by atoms with van der Waals surface area (Å²) in [6.07, 6.45) is 0.251. The third kappa shape index (κ3) is 8.11. The maximum absolute atomic E-state index is 14.3. The van der Waals surface area contributed by atoms with Crippen LogP contribution < -0.4 is 9.62 Å². The molecule has 0 heterocycles. The number of rotatable bonds is 12. The SMILES string of the molecule is CCNC(=O)[C@H](Cc1ccccc1)N(Cc1ccc(Cl)cc1)C(=O)CN(c1ccc(I)cc1)S(=O)(=O)c1ccccc1. The lowest BCUT2D eigenvalue weighted by atomic mass is 10.0. The number of anilines is 1. The van der Waals surface area contributed by atoms with E-state index in [1.54, 1.807) is 66.7 Å². The number of nitrogens with zero attached hydrogens (tertiary/aromatic N) is 2. The molecule has 0 fully saturated rings. The number of benzene rings is 4. The van der Waals surface area contributed by atoms with Crippen molar-refractivity contribution in [3.8, 4) is 0 Å².